The zero-order valence-corrected chi connectivity index (χ0v) is 12.4. The van der Waals surface area contributed by atoms with E-state index < -0.39 is 5.82 Å². The lowest BCUT2D eigenvalue weighted by molar-refractivity contribution is 0.102. The van der Waals surface area contributed by atoms with Gasteiger partial charge in [0.25, 0.3) is 5.91 Å². The number of amides is 1. The number of methoxy groups -OCH3 is 1. The molecule has 0 fully saturated rings. The van der Waals surface area contributed by atoms with Crippen molar-refractivity contribution in [3.8, 4) is 5.75 Å². The molecule has 4 heteroatoms. The Kier molecular flexibility index (Phi) is 4.58. The fourth-order valence-electron chi connectivity index (χ4n) is 2.20. The molecule has 2 rings (SSSR count). The van der Waals surface area contributed by atoms with Crippen LogP contribution in [0.3, 0.4) is 0 Å². The predicted octanol–water partition coefficient (Wildman–Crippen LogP) is 3.96. The largest absolute Gasteiger partial charge is 0.494 e. The summed E-state index contributed by atoms with van der Waals surface area (Å²) in [6, 6.07) is 10.0. The van der Waals surface area contributed by atoms with Crippen LogP contribution in [0.25, 0.3) is 0 Å². The lowest BCUT2D eigenvalue weighted by Crippen LogP contribution is -2.14. The number of para-hydroxylation sites is 1. The van der Waals surface area contributed by atoms with E-state index in [1.54, 1.807) is 6.07 Å². The fourth-order valence-corrected chi connectivity index (χ4v) is 2.20. The predicted molar refractivity (Wildman–Crippen MR) is 81.5 cm³/mol. The van der Waals surface area contributed by atoms with Crippen molar-refractivity contribution >= 4 is 11.6 Å². The Balaban J connectivity index is 2.28. The summed E-state index contributed by atoms with van der Waals surface area (Å²) in [5.41, 5.74) is 3.09. The number of ether oxygens (including phenoxy) is 1. The van der Waals surface area contributed by atoms with E-state index in [4.69, 9.17) is 4.74 Å². The molecule has 21 heavy (non-hydrogen) atoms. The van der Waals surface area contributed by atoms with Crippen molar-refractivity contribution in [1.29, 1.82) is 0 Å². The smallest absolute Gasteiger partial charge is 0.255 e. The van der Waals surface area contributed by atoms with Crippen molar-refractivity contribution in [2.24, 2.45) is 0 Å². The first-order valence-electron chi connectivity index (χ1n) is 6.80. The highest BCUT2D eigenvalue weighted by molar-refractivity contribution is 6.05. The monoisotopic (exact) mass is 287 g/mol. The van der Waals surface area contributed by atoms with Gasteiger partial charge in [0.05, 0.1) is 7.11 Å². The van der Waals surface area contributed by atoms with Crippen LogP contribution in [0.4, 0.5) is 10.1 Å². The van der Waals surface area contributed by atoms with E-state index in [1.165, 1.54) is 19.2 Å². The fraction of sp³-hybridized carbons (Fsp3) is 0.235. The van der Waals surface area contributed by atoms with Gasteiger partial charge < -0.3 is 10.1 Å². The molecule has 0 heterocycles. The van der Waals surface area contributed by atoms with Crippen LogP contribution in [0, 0.1) is 12.7 Å². The van der Waals surface area contributed by atoms with Crippen molar-refractivity contribution in [2.75, 3.05) is 12.4 Å². The highest BCUT2D eigenvalue weighted by Crippen LogP contribution is 2.23. The molecule has 1 amide bonds. The van der Waals surface area contributed by atoms with E-state index in [2.05, 4.69) is 5.32 Å². The zero-order valence-electron chi connectivity index (χ0n) is 12.4. The van der Waals surface area contributed by atoms with E-state index in [0.717, 1.165) is 23.2 Å². The lowest BCUT2D eigenvalue weighted by Gasteiger charge is -2.13. The zero-order chi connectivity index (χ0) is 15.4. The summed E-state index contributed by atoms with van der Waals surface area (Å²) < 4.78 is 18.5. The van der Waals surface area contributed by atoms with E-state index in [-0.39, 0.29) is 17.2 Å². The van der Waals surface area contributed by atoms with Gasteiger partial charge in [0.2, 0.25) is 0 Å². The number of carbonyl (C=O) groups is 1. The number of benzene rings is 2. The van der Waals surface area contributed by atoms with Gasteiger partial charge in [-0.15, -0.1) is 0 Å². The highest BCUT2D eigenvalue weighted by atomic mass is 19.1. The number of aryl methyl sites for hydroxylation is 2. The Morgan fingerprint density at radius 3 is 2.67 bits per heavy atom. The molecule has 0 unspecified atom stereocenters. The highest BCUT2D eigenvalue weighted by Gasteiger charge is 2.13. The average molecular weight is 287 g/mol. The Bertz CT molecular complexity index is 668. The number of halogens is 1. The van der Waals surface area contributed by atoms with Crippen LogP contribution in [0.15, 0.2) is 36.4 Å². The van der Waals surface area contributed by atoms with E-state index in [0.29, 0.717) is 0 Å². The van der Waals surface area contributed by atoms with Gasteiger partial charge in [0, 0.05) is 11.3 Å². The summed E-state index contributed by atoms with van der Waals surface area (Å²) in [5, 5.41) is 2.86. The molecule has 0 spiro atoms. The second-order valence-electron chi connectivity index (χ2n) is 4.77. The van der Waals surface area contributed by atoms with Crippen LogP contribution in [0.2, 0.25) is 0 Å². The van der Waals surface area contributed by atoms with Crippen molar-refractivity contribution in [3.05, 3.63) is 58.9 Å². The van der Waals surface area contributed by atoms with Gasteiger partial charge in [0.1, 0.15) is 0 Å². The first kappa shape index (κ1) is 15.0. The number of anilines is 1. The Morgan fingerprint density at radius 1 is 1.29 bits per heavy atom. The minimum absolute atomic E-state index is 0.122. The van der Waals surface area contributed by atoms with Gasteiger partial charge >= 0.3 is 0 Å². The molecule has 0 saturated carbocycles. The van der Waals surface area contributed by atoms with Gasteiger partial charge in [-0.2, -0.15) is 0 Å². The molecule has 0 aliphatic heterocycles. The van der Waals surface area contributed by atoms with Gasteiger partial charge in [-0.3, -0.25) is 4.79 Å². The Hall–Kier alpha value is -2.36. The SMILES string of the molecule is CCc1cccc(C)c1NC(=O)c1ccc(OC)c(F)c1. The summed E-state index contributed by atoms with van der Waals surface area (Å²) in [6.45, 7) is 3.96. The van der Waals surface area contributed by atoms with Gasteiger partial charge in [-0.1, -0.05) is 25.1 Å². The molecular weight excluding hydrogens is 269 g/mol. The molecule has 0 saturated heterocycles. The van der Waals surface area contributed by atoms with Crippen LogP contribution < -0.4 is 10.1 Å². The number of carbonyl (C=O) groups excluding carboxylic acids is 1. The molecule has 0 aliphatic carbocycles. The maximum absolute atomic E-state index is 13.7. The van der Waals surface area contributed by atoms with Gasteiger partial charge in [0.15, 0.2) is 11.6 Å². The quantitative estimate of drug-likeness (QED) is 0.924. The first-order chi connectivity index (χ1) is 10.1. The second kappa shape index (κ2) is 6.39. The van der Waals surface area contributed by atoms with Gasteiger partial charge in [-0.05, 0) is 42.7 Å². The molecule has 0 radical (unpaired) electrons. The Morgan fingerprint density at radius 2 is 2.05 bits per heavy atom. The van der Waals surface area contributed by atoms with Crippen molar-refractivity contribution < 1.29 is 13.9 Å². The maximum atomic E-state index is 13.7. The third-order valence-electron chi connectivity index (χ3n) is 3.39. The van der Waals surface area contributed by atoms with Crippen LogP contribution in [0.1, 0.15) is 28.4 Å². The summed E-state index contributed by atoms with van der Waals surface area (Å²) in [4.78, 5) is 12.3. The van der Waals surface area contributed by atoms with E-state index in [1.807, 2.05) is 32.0 Å². The number of rotatable bonds is 4. The standard InChI is InChI=1S/C17H18FNO2/c1-4-12-7-5-6-11(2)16(12)19-17(20)13-8-9-15(21-3)14(18)10-13/h5-10H,4H2,1-3H3,(H,19,20). The summed E-state index contributed by atoms with van der Waals surface area (Å²) >= 11 is 0. The van der Waals surface area contributed by atoms with Crippen LogP contribution in [-0.4, -0.2) is 13.0 Å². The Labute approximate surface area is 123 Å². The van der Waals surface area contributed by atoms with E-state index >= 15 is 0 Å². The molecule has 0 atom stereocenters. The third-order valence-corrected chi connectivity index (χ3v) is 3.39. The maximum Gasteiger partial charge on any atom is 0.255 e. The minimum atomic E-state index is -0.550. The topological polar surface area (TPSA) is 38.3 Å². The summed E-state index contributed by atoms with van der Waals surface area (Å²) in [5.74, 6) is -0.761. The molecule has 110 valence electrons. The summed E-state index contributed by atoms with van der Waals surface area (Å²) in [6.07, 6.45) is 0.814. The molecule has 0 aliphatic rings. The van der Waals surface area contributed by atoms with Crippen LogP contribution >= 0.6 is 0 Å². The molecule has 1 N–H and O–H groups in total. The molecule has 2 aromatic carbocycles. The minimum Gasteiger partial charge on any atom is -0.494 e. The lowest BCUT2D eigenvalue weighted by atomic mass is 10.1. The van der Waals surface area contributed by atoms with Crippen molar-refractivity contribution in [3.63, 3.8) is 0 Å². The van der Waals surface area contributed by atoms with E-state index in [9.17, 15) is 9.18 Å². The molecule has 0 aromatic heterocycles. The normalized spacial score (nSPS) is 10.3. The number of nitrogens with one attached hydrogen (secondary N) is 1. The van der Waals surface area contributed by atoms with Crippen molar-refractivity contribution in [1.82, 2.24) is 0 Å². The van der Waals surface area contributed by atoms with Crippen LogP contribution in [0.5, 0.6) is 5.75 Å². The van der Waals surface area contributed by atoms with Crippen molar-refractivity contribution in [2.45, 2.75) is 20.3 Å². The van der Waals surface area contributed by atoms with Crippen LogP contribution in [-0.2, 0) is 6.42 Å². The molecule has 2 aromatic rings. The first-order valence-corrected chi connectivity index (χ1v) is 6.80. The molecular formula is C17H18FNO2. The average Bonchev–Trinajstić information content (AvgIpc) is 2.49. The third kappa shape index (κ3) is 3.21. The number of hydrogen-bond acceptors (Lipinski definition) is 2. The number of hydrogen-bond donors (Lipinski definition) is 1. The second-order valence-corrected chi connectivity index (χ2v) is 4.77. The molecule has 3 nitrogen and oxygen atoms in total. The summed E-state index contributed by atoms with van der Waals surface area (Å²) in [7, 11) is 1.39. The molecule has 0 bridgehead atoms. The van der Waals surface area contributed by atoms with Gasteiger partial charge in [-0.25, -0.2) is 4.39 Å².